The Morgan fingerprint density at radius 3 is 2.03 bits per heavy atom. The van der Waals surface area contributed by atoms with Crippen LogP contribution in [0.2, 0.25) is 0 Å². The molecule has 0 unspecified atom stereocenters. The first-order valence-corrected chi connectivity index (χ1v) is 10.5. The van der Waals surface area contributed by atoms with Crippen molar-refractivity contribution in [1.82, 2.24) is 5.32 Å². The van der Waals surface area contributed by atoms with Crippen molar-refractivity contribution < 1.29 is 19.4 Å². The van der Waals surface area contributed by atoms with Gasteiger partial charge in [-0.15, -0.1) is 0 Å². The molecule has 0 heterocycles. The highest BCUT2D eigenvalue weighted by Gasteiger charge is 2.24. The van der Waals surface area contributed by atoms with Crippen LogP contribution in [0.4, 0.5) is 0 Å². The molecule has 0 aliphatic heterocycles. The molecule has 0 saturated carbocycles. The third kappa shape index (κ3) is 4.89. The Morgan fingerprint density at radius 1 is 0.931 bits per heavy atom. The van der Waals surface area contributed by atoms with E-state index in [0.717, 1.165) is 15.9 Å². The van der Waals surface area contributed by atoms with Gasteiger partial charge in [0, 0.05) is 17.4 Å². The Hall–Kier alpha value is -3.01. The molecule has 29 heavy (non-hydrogen) atoms. The van der Waals surface area contributed by atoms with E-state index in [1.165, 1.54) is 7.11 Å². The van der Waals surface area contributed by atoms with E-state index in [0.29, 0.717) is 11.1 Å². The SMILES string of the molecule is COC(=O)c1ccc(C(=O)NCCO)cc1P(c1ccccc1)c1ccccc1. The van der Waals surface area contributed by atoms with Crippen LogP contribution in [0.3, 0.4) is 0 Å². The van der Waals surface area contributed by atoms with Gasteiger partial charge in [-0.25, -0.2) is 4.79 Å². The molecule has 3 rings (SSSR count). The van der Waals surface area contributed by atoms with Gasteiger partial charge >= 0.3 is 5.97 Å². The number of esters is 1. The molecule has 0 aliphatic carbocycles. The summed E-state index contributed by atoms with van der Waals surface area (Å²) in [6.45, 7) is 0.0264. The first-order valence-electron chi connectivity index (χ1n) is 9.17. The zero-order valence-electron chi connectivity index (χ0n) is 16.0. The van der Waals surface area contributed by atoms with Crippen molar-refractivity contribution in [2.45, 2.75) is 0 Å². The summed E-state index contributed by atoms with van der Waals surface area (Å²) < 4.78 is 5.00. The fourth-order valence-corrected chi connectivity index (χ4v) is 5.46. The molecule has 0 spiro atoms. The molecular formula is C23H22NO4P. The Kier molecular flexibility index (Phi) is 7.12. The van der Waals surface area contributed by atoms with Crippen LogP contribution in [-0.2, 0) is 4.74 Å². The molecule has 2 N–H and O–H groups in total. The van der Waals surface area contributed by atoms with Crippen LogP contribution < -0.4 is 21.2 Å². The van der Waals surface area contributed by atoms with Gasteiger partial charge in [0.15, 0.2) is 0 Å². The number of hydrogen-bond acceptors (Lipinski definition) is 4. The molecule has 1 amide bonds. The lowest BCUT2D eigenvalue weighted by atomic mass is 10.1. The standard InChI is InChI=1S/C23H22NO4P/c1-28-23(27)20-13-12-17(22(26)24-14-15-25)16-21(20)29(18-8-4-2-5-9-18)19-10-6-3-7-11-19/h2-13,16,25H,14-15H2,1H3,(H,24,26). The first-order chi connectivity index (χ1) is 14.2. The molecule has 3 aromatic rings. The van der Waals surface area contributed by atoms with Crippen LogP contribution in [0.5, 0.6) is 0 Å². The second kappa shape index (κ2) is 9.97. The second-order valence-electron chi connectivity index (χ2n) is 6.21. The average Bonchev–Trinajstić information content (AvgIpc) is 2.78. The van der Waals surface area contributed by atoms with E-state index in [2.05, 4.69) is 5.32 Å². The van der Waals surface area contributed by atoms with Crippen LogP contribution >= 0.6 is 7.92 Å². The molecule has 0 saturated heterocycles. The van der Waals surface area contributed by atoms with Crippen LogP contribution in [0.15, 0.2) is 78.9 Å². The predicted molar refractivity (Wildman–Crippen MR) is 116 cm³/mol. The van der Waals surface area contributed by atoms with Crippen LogP contribution in [-0.4, -0.2) is 37.2 Å². The van der Waals surface area contributed by atoms with E-state index < -0.39 is 13.9 Å². The average molecular weight is 407 g/mol. The number of hydrogen-bond donors (Lipinski definition) is 2. The Morgan fingerprint density at radius 2 is 1.52 bits per heavy atom. The summed E-state index contributed by atoms with van der Waals surface area (Å²) >= 11 is 0. The molecule has 148 valence electrons. The van der Waals surface area contributed by atoms with Crippen molar-refractivity contribution in [3.05, 3.63) is 90.0 Å². The molecule has 0 radical (unpaired) electrons. The fraction of sp³-hybridized carbons (Fsp3) is 0.130. The minimum atomic E-state index is -1.09. The third-order valence-corrected chi connectivity index (χ3v) is 6.81. The van der Waals surface area contributed by atoms with Gasteiger partial charge in [-0.05, 0) is 36.7 Å². The largest absolute Gasteiger partial charge is 0.465 e. The van der Waals surface area contributed by atoms with Crippen molar-refractivity contribution >= 4 is 35.7 Å². The monoisotopic (exact) mass is 407 g/mol. The highest BCUT2D eigenvalue weighted by atomic mass is 31.1. The number of carbonyl (C=O) groups is 2. The summed E-state index contributed by atoms with van der Waals surface area (Å²) in [7, 11) is 0.259. The lowest BCUT2D eigenvalue weighted by molar-refractivity contribution is 0.0602. The lowest BCUT2D eigenvalue weighted by Crippen LogP contribution is -2.30. The van der Waals surface area contributed by atoms with Crippen molar-refractivity contribution in [3.63, 3.8) is 0 Å². The molecule has 0 fully saturated rings. The Labute approximate surface area is 171 Å². The highest BCUT2D eigenvalue weighted by molar-refractivity contribution is 7.80. The summed E-state index contributed by atoms with van der Waals surface area (Å²) in [4.78, 5) is 25.0. The predicted octanol–water partition coefficient (Wildman–Crippen LogP) is 1.95. The van der Waals surface area contributed by atoms with E-state index in [9.17, 15) is 9.59 Å². The van der Waals surface area contributed by atoms with E-state index in [1.54, 1.807) is 18.2 Å². The number of rotatable bonds is 7. The molecule has 6 heteroatoms. The molecule has 0 aliphatic rings. The maximum atomic E-state index is 12.5. The first kappa shape index (κ1) is 20.7. The molecule has 5 nitrogen and oxygen atoms in total. The topological polar surface area (TPSA) is 75.6 Å². The second-order valence-corrected chi connectivity index (χ2v) is 8.39. The number of amides is 1. The van der Waals surface area contributed by atoms with Crippen molar-refractivity contribution in [3.8, 4) is 0 Å². The minimum absolute atomic E-state index is 0.139. The summed E-state index contributed by atoms with van der Waals surface area (Å²) in [6.07, 6.45) is 0. The summed E-state index contributed by atoms with van der Waals surface area (Å²) in [6, 6.07) is 24.8. The van der Waals surface area contributed by atoms with E-state index in [1.807, 2.05) is 60.7 Å². The van der Waals surface area contributed by atoms with Crippen LogP contribution in [0.25, 0.3) is 0 Å². The molecule has 3 aromatic carbocycles. The number of nitrogens with one attached hydrogen (secondary N) is 1. The fourth-order valence-electron chi connectivity index (χ4n) is 2.99. The van der Waals surface area contributed by atoms with Gasteiger partial charge in [0.1, 0.15) is 0 Å². The smallest absolute Gasteiger partial charge is 0.338 e. The van der Waals surface area contributed by atoms with Gasteiger partial charge in [0.25, 0.3) is 5.91 Å². The van der Waals surface area contributed by atoms with Crippen LogP contribution in [0.1, 0.15) is 20.7 Å². The number of carbonyl (C=O) groups excluding carboxylic acids is 2. The van der Waals surface area contributed by atoms with Gasteiger partial charge in [-0.2, -0.15) is 0 Å². The van der Waals surface area contributed by atoms with E-state index in [-0.39, 0.29) is 19.1 Å². The van der Waals surface area contributed by atoms with Crippen molar-refractivity contribution in [1.29, 1.82) is 0 Å². The number of benzene rings is 3. The summed E-state index contributed by atoms with van der Waals surface area (Å²) in [5.41, 5.74) is 0.866. The number of ether oxygens (including phenoxy) is 1. The van der Waals surface area contributed by atoms with Gasteiger partial charge in [0.05, 0.1) is 19.3 Å². The van der Waals surface area contributed by atoms with Crippen LogP contribution in [0, 0.1) is 0 Å². The zero-order valence-corrected chi connectivity index (χ0v) is 16.9. The van der Waals surface area contributed by atoms with Crippen molar-refractivity contribution in [2.75, 3.05) is 20.3 Å². The van der Waals surface area contributed by atoms with Gasteiger partial charge in [-0.3, -0.25) is 4.79 Å². The minimum Gasteiger partial charge on any atom is -0.465 e. The molecular weight excluding hydrogens is 385 g/mol. The number of aliphatic hydroxyl groups excluding tert-OH is 1. The lowest BCUT2D eigenvalue weighted by Gasteiger charge is -2.22. The maximum absolute atomic E-state index is 12.5. The highest BCUT2D eigenvalue weighted by Crippen LogP contribution is 2.34. The third-order valence-electron chi connectivity index (χ3n) is 4.33. The quantitative estimate of drug-likeness (QED) is 0.464. The van der Waals surface area contributed by atoms with E-state index in [4.69, 9.17) is 9.84 Å². The number of aliphatic hydroxyl groups is 1. The van der Waals surface area contributed by atoms with Gasteiger partial charge < -0.3 is 15.2 Å². The normalized spacial score (nSPS) is 10.6. The zero-order chi connectivity index (χ0) is 20.6. The van der Waals surface area contributed by atoms with Crippen molar-refractivity contribution in [2.24, 2.45) is 0 Å². The molecule has 0 bridgehead atoms. The molecule has 0 aromatic heterocycles. The Balaban J connectivity index is 2.19. The number of methoxy groups -OCH3 is 1. The summed E-state index contributed by atoms with van der Waals surface area (Å²) in [5.74, 6) is -0.741. The van der Waals surface area contributed by atoms with Gasteiger partial charge in [-0.1, -0.05) is 60.7 Å². The Bertz CT molecular complexity index is 937. The summed E-state index contributed by atoms with van der Waals surface area (Å²) in [5, 5.41) is 14.5. The molecule has 0 atom stereocenters. The van der Waals surface area contributed by atoms with Gasteiger partial charge in [0.2, 0.25) is 0 Å². The maximum Gasteiger partial charge on any atom is 0.338 e. The van der Waals surface area contributed by atoms with E-state index >= 15 is 0 Å².